The molecule has 0 saturated carbocycles. The van der Waals surface area contributed by atoms with E-state index in [2.05, 4.69) is 68.6 Å². The van der Waals surface area contributed by atoms with Crippen LogP contribution < -0.4 is 5.32 Å². The summed E-state index contributed by atoms with van der Waals surface area (Å²) in [6.45, 7) is 7.51. The summed E-state index contributed by atoms with van der Waals surface area (Å²) in [7, 11) is 0. The van der Waals surface area contributed by atoms with Gasteiger partial charge in [-0.25, -0.2) is 0 Å². The maximum absolute atomic E-state index is 6.47. The maximum atomic E-state index is 6.47. The number of rotatable bonds is 6. The van der Waals surface area contributed by atoms with E-state index in [1.165, 1.54) is 22.3 Å². The van der Waals surface area contributed by atoms with Gasteiger partial charge in [0.15, 0.2) is 0 Å². The van der Waals surface area contributed by atoms with Crippen LogP contribution in [-0.4, -0.2) is 6.54 Å². The Morgan fingerprint density at radius 3 is 2.24 bits per heavy atom. The molecule has 2 aromatic carbocycles. The Balaban J connectivity index is 2.21. The van der Waals surface area contributed by atoms with Crippen molar-refractivity contribution >= 4 is 11.6 Å². The quantitative estimate of drug-likeness (QED) is 0.729. The van der Waals surface area contributed by atoms with Crippen LogP contribution in [0.3, 0.4) is 0 Å². The number of hydrogen-bond acceptors (Lipinski definition) is 1. The molecule has 2 heteroatoms. The molecule has 0 radical (unpaired) electrons. The number of nitrogens with one attached hydrogen (secondary N) is 1. The van der Waals surface area contributed by atoms with E-state index in [-0.39, 0.29) is 6.04 Å². The van der Waals surface area contributed by atoms with Crippen molar-refractivity contribution in [1.29, 1.82) is 0 Å². The standard InChI is InChI=1S/C19H24ClN/c1-4-12-21-14(3)18-11-10-17(13-19(18)20)16-8-6-15(5-2)7-9-16/h6-11,13-14,21H,4-5,12H2,1-3H3. The molecule has 0 fully saturated rings. The highest BCUT2D eigenvalue weighted by molar-refractivity contribution is 6.31. The van der Waals surface area contributed by atoms with Gasteiger partial charge in [0.2, 0.25) is 0 Å². The van der Waals surface area contributed by atoms with Gasteiger partial charge in [-0.2, -0.15) is 0 Å². The molecular formula is C19H24ClN. The van der Waals surface area contributed by atoms with E-state index in [9.17, 15) is 0 Å². The van der Waals surface area contributed by atoms with Gasteiger partial charge in [-0.3, -0.25) is 0 Å². The molecule has 21 heavy (non-hydrogen) atoms. The predicted octanol–water partition coefficient (Wildman–Crippen LogP) is 5.63. The highest BCUT2D eigenvalue weighted by atomic mass is 35.5. The molecule has 0 amide bonds. The summed E-state index contributed by atoms with van der Waals surface area (Å²) in [6, 6.07) is 15.4. The van der Waals surface area contributed by atoms with Crippen LogP contribution >= 0.6 is 11.6 Å². The second-order valence-electron chi connectivity index (χ2n) is 5.46. The zero-order valence-corrected chi connectivity index (χ0v) is 13.9. The molecule has 1 N–H and O–H groups in total. The fourth-order valence-electron chi connectivity index (χ4n) is 2.46. The lowest BCUT2D eigenvalue weighted by Crippen LogP contribution is -2.19. The molecule has 0 aliphatic carbocycles. The van der Waals surface area contributed by atoms with Gasteiger partial charge in [-0.1, -0.05) is 61.8 Å². The fraction of sp³-hybridized carbons (Fsp3) is 0.368. The zero-order chi connectivity index (χ0) is 15.2. The SMILES string of the molecule is CCCNC(C)c1ccc(-c2ccc(CC)cc2)cc1Cl. The normalized spacial score (nSPS) is 12.4. The topological polar surface area (TPSA) is 12.0 Å². The van der Waals surface area contributed by atoms with E-state index in [4.69, 9.17) is 11.6 Å². The van der Waals surface area contributed by atoms with Gasteiger partial charge in [0.1, 0.15) is 0 Å². The summed E-state index contributed by atoms with van der Waals surface area (Å²) >= 11 is 6.47. The maximum Gasteiger partial charge on any atom is 0.0459 e. The Labute approximate surface area is 133 Å². The molecular weight excluding hydrogens is 278 g/mol. The first-order valence-corrected chi connectivity index (χ1v) is 8.15. The molecule has 112 valence electrons. The lowest BCUT2D eigenvalue weighted by molar-refractivity contribution is 0.571. The molecule has 2 aromatic rings. The van der Waals surface area contributed by atoms with Gasteiger partial charge in [0, 0.05) is 11.1 Å². The van der Waals surface area contributed by atoms with Crippen molar-refractivity contribution < 1.29 is 0 Å². The third-order valence-corrected chi connectivity index (χ3v) is 4.19. The minimum Gasteiger partial charge on any atom is -0.310 e. The number of halogens is 1. The molecule has 1 unspecified atom stereocenters. The van der Waals surface area contributed by atoms with E-state index >= 15 is 0 Å². The first-order chi connectivity index (χ1) is 10.2. The first-order valence-electron chi connectivity index (χ1n) is 7.77. The summed E-state index contributed by atoms with van der Waals surface area (Å²) < 4.78 is 0. The third kappa shape index (κ3) is 4.09. The smallest absolute Gasteiger partial charge is 0.0459 e. The Morgan fingerprint density at radius 1 is 1.00 bits per heavy atom. The molecule has 2 rings (SSSR count). The van der Waals surface area contributed by atoms with Crippen LogP contribution in [-0.2, 0) is 6.42 Å². The summed E-state index contributed by atoms with van der Waals surface area (Å²) in [4.78, 5) is 0. The lowest BCUT2D eigenvalue weighted by atomic mass is 10.00. The van der Waals surface area contributed by atoms with Crippen LogP contribution in [0.25, 0.3) is 11.1 Å². The molecule has 0 heterocycles. The second-order valence-corrected chi connectivity index (χ2v) is 5.87. The fourth-order valence-corrected chi connectivity index (χ4v) is 2.81. The van der Waals surface area contributed by atoms with Crippen LogP contribution in [0.15, 0.2) is 42.5 Å². The van der Waals surface area contributed by atoms with Gasteiger partial charge in [0.25, 0.3) is 0 Å². The largest absolute Gasteiger partial charge is 0.310 e. The van der Waals surface area contributed by atoms with E-state index in [1.54, 1.807) is 0 Å². The van der Waals surface area contributed by atoms with Crippen LogP contribution in [0.5, 0.6) is 0 Å². The summed E-state index contributed by atoms with van der Waals surface area (Å²) in [5.74, 6) is 0. The second kappa shape index (κ2) is 7.63. The van der Waals surface area contributed by atoms with Gasteiger partial charge in [-0.15, -0.1) is 0 Å². The Morgan fingerprint density at radius 2 is 1.67 bits per heavy atom. The highest BCUT2D eigenvalue weighted by Crippen LogP contribution is 2.29. The van der Waals surface area contributed by atoms with Crippen molar-refractivity contribution in [1.82, 2.24) is 5.32 Å². The van der Waals surface area contributed by atoms with E-state index in [1.807, 2.05) is 0 Å². The molecule has 0 spiro atoms. The Kier molecular flexibility index (Phi) is 5.84. The molecule has 0 aliphatic rings. The molecule has 0 aromatic heterocycles. The van der Waals surface area contributed by atoms with Crippen molar-refractivity contribution in [2.45, 2.75) is 39.7 Å². The predicted molar refractivity (Wildman–Crippen MR) is 93.0 cm³/mol. The summed E-state index contributed by atoms with van der Waals surface area (Å²) in [5.41, 5.74) is 4.92. The summed E-state index contributed by atoms with van der Waals surface area (Å²) in [6.07, 6.45) is 2.20. The van der Waals surface area contributed by atoms with Gasteiger partial charge in [0.05, 0.1) is 0 Å². The van der Waals surface area contributed by atoms with Crippen LogP contribution in [0.4, 0.5) is 0 Å². The van der Waals surface area contributed by atoms with E-state index in [0.717, 1.165) is 24.4 Å². The van der Waals surface area contributed by atoms with E-state index in [0.29, 0.717) is 0 Å². The van der Waals surface area contributed by atoms with Gasteiger partial charge < -0.3 is 5.32 Å². The van der Waals surface area contributed by atoms with Crippen molar-refractivity contribution in [2.24, 2.45) is 0 Å². The average molecular weight is 302 g/mol. The van der Waals surface area contributed by atoms with Crippen molar-refractivity contribution in [3.05, 3.63) is 58.6 Å². The van der Waals surface area contributed by atoms with Gasteiger partial charge in [-0.05, 0) is 54.6 Å². The highest BCUT2D eigenvalue weighted by Gasteiger charge is 2.10. The summed E-state index contributed by atoms with van der Waals surface area (Å²) in [5, 5.41) is 4.32. The third-order valence-electron chi connectivity index (χ3n) is 3.86. The minimum absolute atomic E-state index is 0.286. The van der Waals surface area contributed by atoms with Gasteiger partial charge >= 0.3 is 0 Å². The van der Waals surface area contributed by atoms with E-state index < -0.39 is 0 Å². The number of aryl methyl sites for hydroxylation is 1. The Bertz CT molecular complexity index is 575. The average Bonchev–Trinajstić information content (AvgIpc) is 2.52. The molecule has 0 aliphatic heterocycles. The zero-order valence-electron chi connectivity index (χ0n) is 13.1. The van der Waals surface area contributed by atoms with Crippen molar-refractivity contribution in [3.8, 4) is 11.1 Å². The van der Waals surface area contributed by atoms with Crippen molar-refractivity contribution in [3.63, 3.8) is 0 Å². The first kappa shape index (κ1) is 16.1. The lowest BCUT2D eigenvalue weighted by Gasteiger charge is -2.16. The van der Waals surface area contributed by atoms with Crippen molar-refractivity contribution in [2.75, 3.05) is 6.54 Å². The molecule has 0 bridgehead atoms. The van der Waals surface area contributed by atoms with Crippen LogP contribution in [0, 0.1) is 0 Å². The molecule has 0 saturated heterocycles. The minimum atomic E-state index is 0.286. The molecule has 1 nitrogen and oxygen atoms in total. The molecule has 1 atom stereocenters. The number of hydrogen-bond donors (Lipinski definition) is 1. The number of benzene rings is 2. The monoisotopic (exact) mass is 301 g/mol. The Hall–Kier alpha value is -1.31. The van der Waals surface area contributed by atoms with Crippen LogP contribution in [0.2, 0.25) is 5.02 Å². The van der Waals surface area contributed by atoms with Crippen LogP contribution in [0.1, 0.15) is 44.4 Å².